The Morgan fingerprint density at radius 3 is 1.96 bits per heavy atom. The molecule has 0 aliphatic carbocycles. The molecule has 2 rings (SSSR count). The Kier molecular flexibility index (Phi) is 4.84. The van der Waals surface area contributed by atoms with Crippen molar-refractivity contribution in [2.45, 2.75) is 84.2 Å². The summed E-state index contributed by atoms with van der Waals surface area (Å²) in [6.45, 7) is 20.5. The molecule has 1 aromatic carbocycles. The molecule has 0 saturated carbocycles. The van der Waals surface area contributed by atoms with Crippen molar-refractivity contribution < 1.29 is 0 Å². The topological polar surface area (TPSA) is 12.0 Å². The van der Waals surface area contributed by atoms with E-state index in [4.69, 9.17) is 0 Å². The number of hydrogen-bond acceptors (Lipinski definition) is 1. The highest BCUT2D eigenvalue weighted by molar-refractivity contribution is 5.63. The molecule has 23 heavy (non-hydrogen) atoms. The van der Waals surface area contributed by atoms with Gasteiger partial charge in [0, 0.05) is 11.1 Å². The fourth-order valence-electron chi connectivity index (χ4n) is 4.35. The molecular formula is C22H35N. The molecule has 1 aliphatic rings. The fraction of sp³-hybridized carbons (Fsp3) is 0.636. The van der Waals surface area contributed by atoms with Crippen molar-refractivity contribution >= 4 is 5.57 Å². The molecule has 0 unspecified atom stereocenters. The van der Waals surface area contributed by atoms with E-state index in [0.717, 1.165) is 6.42 Å². The third kappa shape index (κ3) is 4.94. The van der Waals surface area contributed by atoms with E-state index in [9.17, 15) is 0 Å². The summed E-state index contributed by atoms with van der Waals surface area (Å²) in [4.78, 5) is 0. The molecule has 0 amide bonds. The largest absolute Gasteiger partial charge is 0.307 e. The van der Waals surface area contributed by atoms with Gasteiger partial charge in [0.2, 0.25) is 0 Å². The first-order valence-corrected chi connectivity index (χ1v) is 8.96. The van der Waals surface area contributed by atoms with Crippen molar-refractivity contribution in [3.8, 4) is 0 Å². The number of hydrogen-bond donors (Lipinski definition) is 1. The number of piperidine rings is 1. The molecule has 0 atom stereocenters. The highest BCUT2D eigenvalue weighted by Gasteiger charge is 2.37. The Bertz CT molecular complexity index is 539. The second-order valence-corrected chi connectivity index (χ2v) is 9.80. The van der Waals surface area contributed by atoms with Crippen molar-refractivity contribution in [3.63, 3.8) is 0 Å². The molecule has 1 N–H and O–H groups in total. The number of nitrogens with one attached hydrogen (secondary N) is 1. The van der Waals surface area contributed by atoms with Crippen LogP contribution in [0.2, 0.25) is 0 Å². The summed E-state index contributed by atoms with van der Waals surface area (Å²) in [5.74, 6) is 0.705. The van der Waals surface area contributed by atoms with Crippen LogP contribution in [-0.4, -0.2) is 11.1 Å². The lowest BCUT2D eigenvalue weighted by molar-refractivity contribution is 0.131. The van der Waals surface area contributed by atoms with Gasteiger partial charge in [0.1, 0.15) is 0 Å². The van der Waals surface area contributed by atoms with E-state index >= 15 is 0 Å². The summed E-state index contributed by atoms with van der Waals surface area (Å²) in [5, 5.41) is 3.77. The van der Waals surface area contributed by atoms with Crippen LogP contribution in [0, 0.1) is 5.92 Å². The predicted molar refractivity (Wildman–Crippen MR) is 103 cm³/mol. The van der Waals surface area contributed by atoms with Gasteiger partial charge in [-0.15, -0.1) is 0 Å². The lowest BCUT2D eigenvalue weighted by Gasteiger charge is -2.46. The summed E-state index contributed by atoms with van der Waals surface area (Å²) in [7, 11) is 0. The van der Waals surface area contributed by atoms with Crippen LogP contribution >= 0.6 is 0 Å². The second kappa shape index (κ2) is 6.09. The van der Waals surface area contributed by atoms with E-state index in [1.807, 2.05) is 0 Å². The lowest BCUT2D eigenvalue weighted by Crippen LogP contribution is -2.57. The monoisotopic (exact) mass is 313 g/mol. The van der Waals surface area contributed by atoms with Crippen LogP contribution in [0.15, 0.2) is 30.8 Å². The third-order valence-corrected chi connectivity index (χ3v) is 4.97. The number of allylic oxidation sites excluding steroid dienone is 1. The molecule has 1 nitrogen and oxygen atoms in total. The Balaban J connectivity index is 2.07. The molecular weight excluding hydrogens is 278 g/mol. The predicted octanol–water partition coefficient (Wildman–Crippen LogP) is 5.94. The van der Waals surface area contributed by atoms with Crippen LogP contribution < -0.4 is 5.32 Å². The molecule has 0 radical (unpaired) electrons. The molecule has 1 saturated heterocycles. The maximum absolute atomic E-state index is 4.39. The van der Waals surface area contributed by atoms with Gasteiger partial charge < -0.3 is 5.32 Å². The molecule has 1 aliphatic heterocycles. The minimum absolute atomic E-state index is 0.211. The van der Waals surface area contributed by atoms with Crippen LogP contribution in [0.5, 0.6) is 0 Å². The Morgan fingerprint density at radius 1 is 1.04 bits per heavy atom. The van der Waals surface area contributed by atoms with Crippen molar-refractivity contribution in [3.05, 3.63) is 42.0 Å². The first-order chi connectivity index (χ1) is 10.4. The molecule has 1 heterocycles. The first-order valence-electron chi connectivity index (χ1n) is 8.96. The zero-order valence-corrected chi connectivity index (χ0v) is 16.2. The molecule has 1 heteroatoms. The molecule has 0 aromatic heterocycles. The van der Waals surface area contributed by atoms with Crippen molar-refractivity contribution in [1.82, 2.24) is 5.32 Å². The Hall–Kier alpha value is -1.08. The van der Waals surface area contributed by atoms with Gasteiger partial charge in [-0.05, 0) is 75.0 Å². The summed E-state index contributed by atoms with van der Waals surface area (Å²) in [5.41, 5.74) is 4.60. The van der Waals surface area contributed by atoms with Gasteiger partial charge in [0.25, 0.3) is 0 Å². The Morgan fingerprint density at radius 2 is 1.52 bits per heavy atom. The zero-order valence-electron chi connectivity index (χ0n) is 16.2. The standard InChI is InChI=1S/C22H35N/c1-16(18-9-11-19(12-10-18)20(2,3)4)13-17-14-21(5,6)23-22(7,8)15-17/h9-12,17,23H,1,13-15H2,2-8H3. The molecule has 128 valence electrons. The highest BCUT2D eigenvalue weighted by Crippen LogP contribution is 2.37. The van der Waals surface area contributed by atoms with Gasteiger partial charge in [-0.1, -0.05) is 51.6 Å². The van der Waals surface area contributed by atoms with Crippen LogP contribution in [0.3, 0.4) is 0 Å². The zero-order chi connectivity index (χ0) is 17.5. The number of benzene rings is 1. The summed E-state index contributed by atoms with van der Waals surface area (Å²) in [6, 6.07) is 9.02. The second-order valence-electron chi connectivity index (χ2n) is 9.80. The van der Waals surface area contributed by atoms with E-state index in [-0.39, 0.29) is 16.5 Å². The van der Waals surface area contributed by atoms with Crippen LogP contribution in [0.25, 0.3) is 5.57 Å². The van der Waals surface area contributed by atoms with E-state index < -0.39 is 0 Å². The molecule has 0 spiro atoms. The third-order valence-electron chi connectivity index (χ3n) is 4.97. The smallest absolute Gasteiger partial charge is 0.0132 e. The molecule has 1 fully saturated rings. The average molecular weight is 314 g/mol. The van der Waals surface area contributed by atoms with Gasteiger partial charge in [0.15, 0.2) is 0 Å². The first kappa shape index (κ1) is 18.3. The highest BCUT2D eigenvalue weighted by atomic mass is 15.0. The molecule has 0 bridgehead atoms. The van der Waals surface area contributed by atoms with Gasteiger partial charge in [-0.3, -0.25) is 0 Å². The quantitative estimate of drug-likeness (QED) is 0.727. The van der Waals surface area contributed by atoms with E-state index in [1.165, 1.54) is 29.5 Å². The molecule has 1 aromatic rings. The Labute approximate surface area is 143 Å². The normalized spacial score (nSPS) is 21.2. The summed E-state index contributed by atoms with van der Waals surface area (Å²) < 4.78 is 0. The number of rotatable bonds is 3. The van der Waals surface area contributed by atoms with Crippen molar-refractivity contribution in [2.24, 2.45) is 5.92 Å². The summed E-state index contributed by atoms with van der Waals surface area (Å²) >= 11 is 0. The van der Waals surface area contributed by atoms with E-state index in [1.54, 1.807) is 0 Å². The SMILES string of the molecule is C=C(CC1CC(C)(C)NC(C)(C)C1)c1ccc(C(C)(C)C)cc1. The van der Waals surface area contributed by atoms with Gasteiger partial charge in [-0.25, -0.2) is 0 Å². The van der Waals surface area contributed by atoms with Crippen LogP contribution in [-0.2, 0) is 5.41 Å². The average Bonchev–Trinajstić information content (AvgIpc) is 2.33. The van der Waals surface area contributed by atoms with Crippen LogP contribution in [0.1, 0.15) is 78.9 Å². The van der Waals surface area contributed by atoms with Crippen molar-refractivity contribution in [2.75, 3.05) is 0 Å². The van der Waals surface area contributed by atoms with Crippen LogP contribution in [0.4, 0.5) is 0 Å². The minimum atomic E-state index is 0.211. The van der Waals surface area contributed by atoms with E-state index in [0.29, 0.717) is 5.92 Å². The van der Waals surface area contributed by atoms with E-state index in [2.05, 4.69) is 84.6 Å². The maximum atomic E-state index is 4.39. The fourth-order valence-corrected chi connectivity index (χ4v) is 4.35. The summed E-state index contributed by atoms with van der Waals surface area (Å²) in [6.07, 6.45) is 3.54. The van der Waals surface area contributed by atoms with Crippen molar-refractivity contribution in [1.29, 1.82) is 0 Å². The minimum Gasteiger partial charge on any atom is -0.307 e. The maximum Gasteiger partial charge on any atom is 0.0132 e. The lowest BCUT2D eigenvalue weighted by atomic mass is 9.73. The van der Waals surface area contributed by atoms with Gasteiger partial charge >= 0.3 is 0 Å². The van der Waals surface area contributed by atoms with Gasteiger partial charge in [-0.2, -0.15) is 0 Å². The van der Waals surface area contributed by atoms with Gasteiger partial charge in [0.05, 0.1) is 0 Å².